The first-order chi connectivity index (χ1) is 15.0. The summed E-state index contributed by atoms with van der Waals surface area (Å²) in [6.45, 7) is 2.79. The zero-order valence-electron chi connectivity index (χ0n) is 16.8. The third-order valence-corrected chi connectivity index (χ3v) is 6.27. The maximum absolute atomic E-state index is 12.9. The van der Waals surface area contributed by atoms with Crippen molar-refractivity contribution in [1.82, 2.24) is 0 Å². The Morgan fingerprint density at radius 2 is 1.84 bits per heavy atom. The Morgan fingerprint density at radius 3 is 2.65 bits per heavy atom. The van der Waals surface area contributed by atoms with Crippen molar-refractivity contribution in [2.24, 2.45) is 0 Å². The molecule has 5 rings (SSSR count). The van der Waals surface area contributed by atoms with Gasteiger partial charge in [-0.3, -0.25) is 0 Å². The predicted molar refractivity (Wildman–Crippen MR) is 125 cm³/mol. The van der Waals surface area contributed by atoms with E-state index in [-0.39, 0.29) is 5.63 Å². The van der Waals surface area contributed by atoms with Crippen LogP contribution in [0.1, 0.15) is 22.3 Å². The third kappa shape index (κ3) is 3.67. The van der Waals surface area contributed by atoms with Crippen LogP contribution in [0.5, 0.6) is 5.75 Å². The van der Waals surface area contributed by atoms with Crippen molar-refractivity contribution in [3.8, 4) is 5.75 Å². The second-order valence-electron chi connectivity index (χ2n) is 7.64. The van der Waals surface area contributed by atoms with E-state index in [0.717, 1.165) is 27.8 Å². The molecule has 0 unspecified atom stereocenters. The molecule has 0 aliphatic carbocycles. The van der Waals surface area contributed by atoms with Gasteiger partial charge in [0.05, 0.1) is 22.8 Å². The Hall–Kier alpha value is -2.95. The van der Waals surface area contributed by atoms with Crippen LogP contribution in [0.3, 0.4) is 0 Å². The lowest BCUT2D eigenvalue weighted by Crippen LogP contribution is -2.32. The normalized spacial score (nSPS) is 13.2. The summed E-state index contributed by atoms with van der Waals surface area (Å²) in [5.41, 5.74) is 4.50. The molecule has 0 saturated heterocycles. The summed E-state index contributed by atoms with van der Waals surface area (Å²) in [6.07, 6.45) is 0.531. The average Bonchev–Trinajstić information content (AvgIpc) is 2.78. The number of ether oxygens (including phenoxy) is 1. The van der Waals surface area contributed by atoms with E-state index in [1.807, 2.05) is 60.4 Å². The second-order valence-corrected chi connectivity index (χ2v) is 8.49. The number of aryl methyl sites for hydroxylation is 1. The Labute approximate surface area is 189 Å². The van der Waals surface area contributed by atoms with E-state index in [4.69, 9.17) is 32.4 Å². The summed E-state index contributed by atoms with van der Waals surface area (Å²) in [4.78, 5) is 14.9. The zero-order valence-corrected chi connectivity index (χ0v) is 18.3. The molecule has 0 N–H and O–H groups in total. The third-order valence-electron chi connectivity index (χ3n) is 5.71. The maximum Gasteiger partial charge on any atom is 0.340 e. The molecule has 0 atom stereocenters. The van der Waals surface area contributed by atoms with Crippen LogP contribution in [0.4, 0.5) is 5.69 Å². The van der Waals surface area contributed by atoms with Gasteiger partial charge in [-0.1, -0.05) is 53.5 Å². The lowest BCUT2D eigenvalue weighted by atomic mass is 9.97. The molecule has 4 aromatic rings. The van der Waals surface area contributed by atoms with Gasteiger partial charge in [0.15, 0.2) is 6.73 Å². The fourth-order valence-corrected chi connectivity index (χ4v) is 4.45. The predicted octanol–water partition coefficient (Wildman–Crippen LogP) is 6.36. The molecule has 1 aliphatic heterocycles. The lowest BCUT2D eigenvalue weighted by Gasteiger charge is -2.31. The van der Waals surface area contributed by atoms with Gasteiger partial charge < -0.3 is 14.1 Å². The fraction of sp³-hybridized carbons (Fsp3) is 0.160. The summed E-state index contributed by atoms with van der Waals surface area (Å²) < 4.78 is 11.8. The zero-order chi connectivity index (χ0) is 21.5. The number of hydrogen-bond donors (Lipinski definition) is 0. The minimum absolute atomic E-state index is 0.319. The van der Waals surface area contributed by atoms with Crippen LogP contribution in [-0.4, -0.2) is 6.73 Å². The molecule has 0 bridgehead atoms. The Balaban J connectivity index is 1.59. The summed E-state index contributed by atoms with van der Waals surface area (Å²) in [7, 11) is 0. The van der Waals surface area contributed by atoms with E-state index in [2.05, 4.69) is 0 Å². The van der Waals surface area contributed by atoms with E-state index in [1.54, 1.807) is 12.1 Å². The van der Waals surface area contributed by atoms with Crippen molar-refractivity contribution in [3.05, 3.63) is 103 Å². The molecule has 4 nitrogen and oxygen atoms in total. The molecular formula is C25H19Cl2NO3. The van der Waals surface area contributed by atoms with Crippen molar-refractivity contribution >= 4 is 39.9 Å². The quantitative estimate of drug-likeness (QED) is 0.340. The van der Waals surface area contributed by atoms with Gasteiger partial charge in [-0.15, -0.1) is 0 Å². The molecule has 1 aliphatic rings. The highest BCUT2D eigenvalue weighted by atomic mass is 35.5. The van der Waals surface area contributed by atoms with Gasteiger partial charge in [0, 0.05) is 22.4 Å². The van der Waals surface area contributed by atoms with Crippen molar-refractivity contribution < 1.29 is 9.15 Å². The minimum Gasteiger partial charge on any atom is -0.473 e. The van der Waals surface area contributed by atoms with Crippen LogP contribution in [0.15, 0.2) is 69.9 Å². The van der Waals surface area contributed by atoms with Gasteiger partial charge in [0.2, 0.25) is 0 Å². The first kappa shape index (κ1) is 20.0. The Kier molecular flexibility index (Phi) is 5.12. The highest BCUT2D eigenvalue weighted by Gasteiger charge is 2.25. The monoisotopic (exact) mass is 451 g/mol. The summed E-state index contributed by atoms with van der Waals surface area (Å²) in [5, 5.41) is 2.09. The van der Waals surface area contributed by atoms with E-state index in [9.17, 15) is 4.79 Å². The SMILES string of the molecule is Cc1c(Cc2ccccc2)c(=O)oc2c3c(ccc12)OCN(c1cc(Cl)ccc1Cl)C3. The van der Waals surface area contributed by atoms with E-state index < -0.39 is 0 Å². The van der Waals surface area contributed by atoms with Crippen LogP contribution >= 0.6 is 23.2 Å². The molecule has 0 amide bonds. The van der Waals surface area contributed by atoms with E-state index >= 15 is 0 Å². The lowest BCUT2D eigenvalue weighted by molar-refractivity contribution is 0.289. The first-order valence-corrected chi connectivity index (χ1v) is 10.7. The molecule has 2 heterocycles. The van der Waals surface area contributed by atoms with Gasteiger partial charge in [-0.25, -0.2) is 4.79 Å². The summed E-state index contributed by atoms with van der Waals surface area (Å²) >= 11 is 12.6. The van der Waals surface area contributed by atoms with Crippen LogP contribution in [0.2, 0.25) is 10.0 Å². The molecule has 0 radical (unpaired) electrons. The van der Waals surface area contributed by atoms with Crippen molar-refractivity contribution in [2.45, 2.75) is 19.9 Å². The average molecular weight is 452 g/mol. The van der Waals surface area contributed by atoms with Crippen LogP contribution in [0.25, 0.3) is 11.0 Å². The van der Waals surface area contributed by atoms with Gasteiger partial charge in [-0.05, 0) is 48.4 Å². The standard InChI is InChI=1S/C25H19Cl2NO3/c1-15-18-8-10-23-20(13-28(14-30-23)22-12-17(26)7-9-21(22)27)24(18)31-25(29)19(15)11-16-5-3-2-4-6-16/h2-10,12H,11,13-14H2,1H3. The van der Waals surface area contributed by atoms with Crippen LogP contribution < -0.4 is 15.3 Å². The largest absolute Gasteiger partial charge is 0.473 e. The van der Waals surface area contributed by atoms with Gasteiger partial charge in [-0.2, -0.15) is 0 Å². The minimum atomic E-state index is -0.319. The Bertz CT molecular complexity index is 1350. The van der Waals surface area contributed by atoms with Crippen molar-refractivity contribution in [2.75, 3.05) is 11.6 Å². The number of hydrogen-bond acceptors (Lipinski definition) is 4. The van der Waals surface area contributed by atoms with Crippen molar-refractivity contribution in [3.63, 3.8) is 0 Å². The fourth-order valence-electron chi connectivity index (χ4n) is 4.05. The number of halogens is 2. The highest BCUT2D eigenvalue weighted by Crippen LogP contribution is 2.38. The molecule has 3 aromatic carbocycles. The molecule has 0 saturated carbocycles. The number of rotatable bonds is 3. The molecule has 1 aromatic heterocycles. The van der Waals surface area contributed by atoms with Gasteiger partial charge in [0.25, 0.3) is 0 Å². The number of benzene rings is 3. The van der Waals surface area contributed by atoms with Crippen LogP contribution in [-0.2, 0) is 13.0 Å². The summed E-state index contributed by atoms with van der Waals surface area (Å²) in [5.74, 6) is 0.709. The first-order valence-electron chi connectivity index (χ1n) is 9.96. The van der Waals surface area contributed by atoms with E-state index in [1.165, 1.54) is 0 Å². The smallest absolute Gasteiger partial charge is 0.340 e. The molecule has 6 heteroatoms. The molecule has 31 heavy (non-hydrogen) atoms. The molecule has 0 fully saturated rings. The molecular weight excluding hydrogens is 433 g/mol. The number of fused-ring (bicyclic) bond motifs is 3. The maximum atomic E-state index is 12.9. The van der Waals surface area contributed by atoms with Crippen LogP contribution in [0, 0.1) is 6.92 Å². The number of anilines is 1. The topological polar surface area (TPSA) is 42.7 Å². The molecule has 0 spiro atoms. The summed E-state index contributed by atoms with van der Waals surface area (Å²) in [6, 6.07) is 19.1. The highest BCUT2D eigenvalue weighted by molar-refractivity contribution is 6.35. The van der Waals surface area contributed by atoms with Crippen molar-refractivity contribution in [1.29, 1.82) is 0 Å². The van der Waals surface area contributed by atoms with E-state index in [0.29, 0.717) is 46.6 Å². The Morgan fingerprint density at radius 1 is 1.03 bits per heavy atom. The van der Waals surface area contributed by atoms with Gasteiger partial charge in [0.1, 0.15) is 11.3 Å². The molecule has 156 valence electrons. The number of nitrogens with zero attached hydrogens (tertiary/aromatic N) is 1. The second kappa shape index (κ2) is 7.95. The van der Waals surface area contributed by atoms with Gasteiger partial charge >= 0.3 is 5.63 Å².